The van der Waals surface area contributed by atoms with Crippen LogP contribution >= 0.6 is 11.6 Å². The van der Waals surface area contributed by atoms with Crippen molar-refractivity contribution in [3.05, 3.63) is 160 Å². The van der Waals surface area contributed by atoms with Gasteiger partial charge in [0, 0.05) is 17.6 Å². The molecular formula is C39H39ClN2O5S. The Morgan fingerprint density at radius 2 is 1.46 bits per heavy atom. The zero-order chi connectivity index (χ0) is 33.9. The van der Waals surface area contributed by atoms with E-state index in [1.807, 2.05) is 72.8 Å². The van der Waals surface area contributed by atoms with E-state index in [1.54, 1.807) is 43.3 Å². The highest BCUT2D eigenvalue weighted by molar-refractivity contribution is 7.91. The van der Waals surface area contributed by atoms with Crippen molar-refractivity contribution < 1.29 is 23.1 Å². The number of halogens is 1. The quantitative estimate of drug-likeness (QED) is 0.110. The summed E-state index contributed by atoms with van der Waals surface area (Å²) in [5.41, 5.74) is 3.84. The molecule has 7 nitrogen and oxygen atoms in total. The second-order valence-electron chi connectivity index (χ2n) is 11.4. The molecule has 1 amide bonds. The van der Waals surface area contributed by atoms with E-state index in [9.17, 15) is 18.3 Å². The van der Waals surface area contributed by atoms with Crippen LogP contribution in [0.15, 0.2) is 137 Å². The average Bonchev–Trinajstić information content (AvgIpc) is 3.11. The number of amides is 1. The number of aliphatic hydroxyl groups is 1. The van der Waals surface area contributed by atoms with Crippen molar-refractivity contribution in [2.45, 2.75) is 48.3 Å². The van der Waals surface area contributed by atoms with Crippen LogP contribution in [0, 0.1) is 0 Å². The first-order chi connectivity index (χ1) is 23.2. The molecule has 0 spiro atoms. The van der Waals surface area contributed by atoms with Gasteiger partial charge in [0.1, 0.15) is 12.4 Å². The molecule has 0 fully saturated rings. The zero-order valence-corrected chi connectivity index (χ0v) is 28.3. The second kappa shape index (κ2) is 16.6. The largest absolute Gasteiger partial charge is 0.488 e. The molecule has 0 bridgehead atoms. The van der Waals surface area contributed by atoms with Gasteiger partial charge in [-0.2, -0.15) is 0 Å². The highest BCUT2D eigenvalue weighted by atomic mass is 35.5. The van der Waals surface area contributed by atoms with Crippen LogP contribution in [0.5, 0.6) is 5.75 Å². The van der Waals surface area contributed by atoms with Crippen molar-refractivity contribution in [3.63, 3.8) is 0 Å². The fourth-order valence-corrected chi connectivity index (χ4v) is 6.92. The lowest BCUT2D eigenvalue weighted by Crippen LogP contribution is -2.38. The Labute approximate surface area is 287 Å². The van der Waals surface area contributed by atoms with Crippen molar-refractivity contribution in [1.82, 2.24) is 10.6 Å². The summed E-state index contributed by atoms with van der Waals surface area (Å²) in [6.45, 7) is 2.98. The Hall–Kier alpha value is -4.47. The molecule has 0 aromatic heterocycles. The molecule has 0 aliphatic heterocycles. The highest BCUT2D eigenvalue weighted by Crippen LogP contribution is 2.28. The lowest BCUT2D eigenvalue weighted by molar-refractivity contribution is 0.0951. The summed E-state index contributed by atoms with van der Waals surface area (Å²) in [5, 5.41) is 18.1. The van der Waals surface area contributed by atoms with Crippen LogP contribution in [0.3, 0.4) is 0 Å². The Morgan fingerprint density at radius 3 is 2.12 bits per heavy atom. The number of rotatable bonds is 15. The molecule has 0 heterocycles. The monoisotopic (exact) mass is 682 g/mol. The summed E-state index contributed by atoms with van der Waals surface area (Å²) in [7, 11) is -3.92. The number of carbonyl (C=O) groups is 1. The van der Waals surface area contributed by atoms with Gasteiger partial charge in [-0.05, 0) is 91.0 Å². The van der Waals surface area contributed by atoms with E-state index in [-0.39, 0.29) is 28.0 Å². The van der Waals surface area contributed by atoms with Crippen LogP contribution in [0.4, 0.5) is 0 Å². The molecule has 2 atom stereocenters. The maximum atomic E-state index is 13.7. The second-order valence-corrected chi connectivity index (χ2v) is 13.8. The number of nitrogens with one attached hydrogen (secondary N) is 2. The van der Waals surface area contributed by atoms with Gasteiger partial charge >= 0.3 is 0 Å². The first-order valence-corrected chi connectivity index (χ1v) is 17.7. The lowest BCUT2D eigenvalue weighted by atomic mass is 9.96. The molecule has 248 valence electrons. The predicted molar refractivity (Wildman–Crippen MR) is 189 cm³/mol. The number of hydrogen-bond donors (Lipinski definition) is 3. The molecule has 5 aromatic rings. The number of carbonyl (C=O) groups excluding carboxylic acids is 1. The number of ether oxygens (including phenoxy) is 1. The van der Waals surface area contributed by atoms with E-state index in [0.29, 0.717) is 36.7 Å². The standard InChI is InChI=1S/C39H39ClN2O5S/c1-2-41-39(44)35-26-34(20-21-37(35)47-27-30-12-7-4-8-13-30)48(45,46)33-18-16-28(17-19-33)22-23-42-36(24-29-10-5-3-6-11-29)38(43)31-14-9-15-32(40)25-31/h3-21,25-26,36,38,42-43H,2,22-24,27H2,1H3,(H,41,44)/t36?,38-/m1/s1. The third-order valence-electron chi connectivity index (χ3n) is 8.00. The molecule has 5 aromatic carbocycles. The molecule has 5 rings (SSSR count). The highest BCUT2D eigenvalue weighted by Gasteiger charge is 2.23. The van der Waals surface area contributed by atoms with Crippen LogP contribution in [-0.4, -0.2) is 38.6 Å². The maximum absolute atomic E-state index is 13.7. The summed E-state index contributed by atoms with van der Waals surface area (Å²) in [6.07, 6.45) is 0.443. The minimum atomic E-state index is -3.92. The Bertz CT molecular complexity index is 1900. The number of aliphatic hydroxyl groups excluding tert-OH is 1. The molecule has 0 saturated carbocycles. The van der Waals surface area contributed by atoms with E-state index < -0.39 is 21.8 Å². The summed E-state index contributed by atoms with van der Waals surface area (Å²) in [5.74, 6) is -0.107. The Balaban J connectivity index is 1.28. The minimum absolute atomic E-state index is 0.00369. The van der Waals surface area contributed by atoms with E-state index in [2.05, 4.69) is 10.6 Å². The Morgan fingerprint density at radius 1 is 0.792 bits per heavy atom. The normalized spacial score (nSPS) is 12.6. The van der Waals surface area contributed by atoms with Gasteiger partial charge in [0.15, 0.2) is 0 Å². The summed E-state index contributed by atoms with van der Waals surface area (Å²) < 4.78 is 33.2. The minimum Gasteiger partial charge on any atom is -0.488 e. The van der Waals surface area contributed by atoms with Crippen molar-refractivity contribution in [1.29, 1.82) is 0 Å². The molecule has 0 saturated heterocycles. The van der Waals surface area contributed by atoms with Gasteiger partial charge in [-0.3, -0.25) is 4.79 Å². The van der Waals surface area contributed by atoms with Gasteiger partial charge in [0.2, 0.25) is 9.84 Å². The fourth-order valence-electron chi connectivity index (χ4n) is 5.43. The van der Waals surface area contributed by atoms with E-state index in [1.165, 1.54) is 18.2 Å². The van der Waals surface area contributed by atoms with Crippen molar-refractivity contribution >= 4 is 27.3 Å². The average molecular weight is 683 g/mol. The number of benzene rings is 5. The molecule has 3 N–H and O–H groups in total. The third-order valence-corrected chi connectivity index (χ3v) is 10.0. The first kappa shape index (κ1) is 34.9. The summed E-state index contributed by atoms with van der Waals surface area (Å²) >= 11 is 6.20. The molecule has 0 aliphatic carbocycles. The van der Waals surface area contributed by atoms with Gasteiger partial charge in [-0.1, -0.05) is 96.5 Å². The van der Waals surface area contributed by atoms with Gasteiger partial charge in [-0.25, -0.2) is 8.42 Å². The third kappa shape index (κ3) is 9.11. The van der Waals surface area contributed by atoms with E-state index in [4.69, 9.17) is 16.3 Å². The summed E-state index contributed by atoms with van der Waals surface area (Å²) in [6, 6.07) is 37.6. The lowest BCUT2D eigenvalue weighted by Gasteiger charge is -2.25. The molecule has 0 radical (unpaired) electrons. The maximum Gasteiger partial charge on any atom is 0.255 e. The van der Waals surface area contributed by atoms with Crippen LogP contribution in [-0.2, 0) is 29.3 Å². The van der Waals surface area contributed by atoms with Crippen LogP contribution in [0.2, 0.25) is 5.02 Å². The van der Waals surface area contributed by atoms with Crippen LogP contribution in [0.1, 0.15) is 45.6 Å². The Kier molecular flexibility index (Phi) is 12.0. The van der Waals surface area contributed by atoms with Gasteiger partial charge in [0.25, 0.3) is 5.91 Å². The van der Waals surface area contributed by atoms with Gasteiger partial charge < -0.3 is 20.5 Å². The predicted octanol–water partition coefficient (Wildman–Crippen LogP) is 6.98. The van der Waals surface area contributed by atoms with Crippen molar-refractivity contribution in [2.75, 3.05) is 13.1 Å². The molecule has 9 heteroatoms. The smallest absolute Gasteiger partial charge is 0.255 e. The van der Waals surface area contributed by atoms with Crippen LogP contribution in [0.25, 0.3) is 0 Å². The molecule has 0 aliphatic rings. The SMILES string of the molecule is CCNC(=O)c1cc(S(=O)(=O)c2ccc(CCNC(Cc3ccccc3)[C@H](O)c3cccc(Cl)c3)cc2)ccc1OCc1ccccc1. The molecule has 48 heavy (non-hydrogen) atoms. The topological polar surface area (TPSA) is 105 Å². The fraction of sp³-hybridized carbons (Fsp3) is 0.205. The van der Waals surface area contributed by atoms with Crippen LogP contribution < -0.4 is 15.4 Å². The molecular weight excluding hydrogens is 644 g/mol. The molecule has 1 unspecified atom stereocenters. The van der Waals surface area contributed by atoms with Gasteiger partial charge in [-0.15, -0.1) is 0 Å². The van der Waals surface area contributed by atoms with E-state index in [0.717, 1.165) is 22.3 Å². The van der Waals surface area contributed by atoms with E-state index >= 15 is 0 Å². The first-order valence-electron chi connectivity index (χ1n) is 15.9. The summed E-state index contributed by atoms with van der Waals surface area (Å²) in [4.78, 5) is 13.0. The van der Waals surface area contributed by atoms with Gasteiger partial charge in [0.05, 0.1) is 21.5 Å². The number of hydrogen-bond acceptors (Lipinski definition) is 6. The van der Waals surface area contributed by atoms with Crippen molar-refractivity contribution in [2.24, 2.45) is 0 Å². The van der Waals surface area contributed by atoms with Crippen molar-refractivity contribution in [3.8, 4) is 5.75 Å². The number of sulfone groups is 1. The zero-order valence-electron chi connectivity index (χ0n) is 26.7.